The van der Waals surface area contributed by atoms with E-state index in [1.165, 1.54) is 47.0 Å². The molecule has 11 heteroatoms. The number of amides is 1. The molecule has 0 aliphatic carbocycles. The van der Waals surface area contributed by atoms with E-state index in [9.17, 15) is 25.0 Å². The smallest absolute Gasteiger partial charge is 0.273 e. The van der Waals surface area contributed by atoms with Crippen LogP contribution in [0.3, 0.4) is 0 Å². The van der Waals surface area contributed by atoms with Gasteiger partial charge in [-0.3, -0.25) is 24.3 Å². The number of para-hydroxylation sites is 1. The summed E-state index contributed by atoms with van der Waals surface area (Å²) >= 11 is 13.0. The normalized spacial score (nSPS) is 12.1. The lowest BCUT2D eigenvalue weighted by Crippen LogP contribution is -2.32. The molecule has 0 bridgehead atoms. The van der Waals surface area contributed by atoms with Crippen LogP contribution in [0.2, 0.25) is 10.0 Å². The fraction of sp³-hybridized carbons (Fsp3) is 0. The van der Waals surface area contributed by atoms with Crippen molar-refractivity contribution < 1.29 is 9.72 Å². The van der Waals surface area contributed by atoms with Gasteiger partial charge in [-0.25, -0.2) is 0 Å². The maximum atomic E-state index is 13.4. The molecule has 1 aromatic heterocycles. The number of anilines is 1. The quantitative estimate of drug-likeness (QED) is 0.302. The third kappa shape index (κ3) is 5.21. The first-order chi connectivity index (χ1) is 17.3. The van der Waals surface area contributed by atoms with Crippen molar-refractivity contribution in [2.24, 2.45) is 0 Å². The zero-order valence-electron chi connectivity index (χ0n) is 18.1. The zero-order chi connectivity index (χ0) is 25.8. The molecule has 0 aliphatic heterocycles. The molecule has 1 heterocycles. The molecule has 0 saturated heterocycles. The van der Waals surface area contributed by atoms with Crippen LogP contribution in [0.5, 0.6) is 0 Å². The Morgan fingerprint density at radius 1 is 1.08 bits per heavy atom. The molecule has 8 nitrogen and oxygen atoms in total. The Labute approximate surface area is 217 Å². The van der Waals surface area contributed by atoms with Crippen molar-refractivity contribution in [1.82, 2.24) is 4.57 Å². The maximum absolute atomic E-state index is 13.4. The number of rotatable bonds is 5. The molecule has 178 valence electrons. The number of carbonyl (C=O) groups is 1. The Morgan fingerprint density at radius 2 is 1.78 bits per heavy atom. The highest BCUT2D eigenvalue weighted by Crippen LogP contribution is 2.25. The van der Waals surface area contributed by atoms with Gasteiger partial charge in [0.2, 0.25) is 0 Å². The second kappa shape index (κ2) is 10.6. The van der Waals surface area contributed by atoms with Gasteiger partial charge in [-0.15, -0.1) is 11.3 Å². The van der Waals surface area contributed by atoms with Crippen molar-refractivity contribution >= 4 is 63.5 Å². The van der Waals surface area contributed by atoms with Crippen LogP contribution in [0.1, 0.15) is 5.56 Å². The van der Waals surface area contributed by atoms with Crippen LogP contribution in [-0.2, 0) is 4.79 Å². The van der Waals surface area contributed by atoms with Crippen LogP contribution < -0.4 is 20.1 Å². The average molecular weight is 537 g/mol. The number of carbonyl (C=O) groups excluding carboxylic acids is 1. The number of nitro groups is 1. The predicted octanol–water partition coefficient (Wildman–Crippen LogP) is 4.26. The topological polar surface area (TPSA) is 118 Å². The molecular weight excluding hydrogens is 523 g/mol. The van der Waals surface area contributed by atoms with Crippen molar-refractivity contribution in [2.45, 2.75) is 0 Å². The van der Waals surface area contributed by atoms with Crippen molar-refractivity contribution in [3.8, 4) is 11.8 Å². The molecule has 0 fully saturated rings. The summed E-state index contributed by atoms with van der Waals surface area (Å²) in [6, 6.07) is 20.6. The Balaban J connectivity index is 1.92. The molecule has 4 aromatic rings. The maximum Gasteiger partial charge on any atom is 0.273 e. The molecule has 1 N–H and O–H groups in total. The third-order valence-electron chi connectivity index (χ3n) is 4.97. The van der Waals surface area contributed by atoms with Crippen LogP contribution >= 0.6 is 34.5 Å². The zero-order valence-corrected chi connectivity index (χ0v) is 20.5. The molecule has 4 rings (SSSR count). The number of aromatic nitrogens is 1. The summed E-state index contributed by atoms with van der Waals surface area (Å²) in [5.74, 6) is -0.755. The number of nitrogens with zero attached hydrogens (tertiary/aromatic N) is 3. The lowest BCUT2D eigenvalue weighted by molar-refractivity contribution is -0.384. The van der Waals surface area contributed by atoms with Crippen molar-refractivity contribution in [1.29, 1.82) is 5.26 Å². The van der Waals surface area contributed by atoms with Crippen LogP contribution in [0, 0.1) is 21.4 Å². The number of benzene rings is 3. The first-order valence-electron chi connectivity index (χ1n) is 10.2. The van der Waals surface area contributed by atoms with E-state index in [0.29, 0.717) is 16.3 Å². The molecule has 3 aromatic carbocycles. The fourth-order valence-electron chi connectivity index (χ4n) is 3.28. The predicted molar refractivity (Wildman–Crippen MR) is 140 cm³/mol. The summed E-state index contributed by atoms with van der Waals surface area (Å²) in [4.78, 5) is 36.9. The molecule has 36 heavy (non-hydrogen) atoms. The Hall–Kier alpha value is -4.23. The van der Waals surface area contributed by atoms with E-state index in [-0.39, 0.29) is 31.2 Å². The van der Waals surface area contributed by atoms with Gasteiger partial charge >= 0.3 is 0 Å². The van der Waals surface area contributed by atoms with Gasteiger partial charge in [-0.1, -0.05) is 41.4 Å². The molecule has 1 amide bonds. The first-order valence-corrected chi connectivity index (χ1v) is 11.8. The number of nitro benzene ring substituents is 1. The van der Waals surface area contributed by atoms with Gasteiger partial charge in [0.25, 0.3) is 17.2 Å². The average Bonchev–Trinajstić information content (AvgIpc) is 3.17. The molecule has 0 spiro atoms. The van der Waals surface area contributed by atoms with Crippen LogP contribution in [0.25, 0.3) is 17.3 Å². The van der Waals surface area contributed by atoms with E-state index in [1.807, 2.05) is 6.07 Å². The Kier molecular flexibility index (Phi) is 7.31. The summed E-state index contributed by atoms with van der Waals surface area (Å²) < 4.78 is 1.63. The largest absolute Gasteiger partial charge is 0.320 e. The minimum absolute atomic E-state index is 0.0849. The summed E-state index contributed by atoms with van der Waals surface area (Å²) in [5.41, 5.74) is 0.420. The van der Waals surface area contributed by atoms with E-state index in [1.54, 1.807) is 36.4 Å². The SMILES string of the molecule is N#CC(C(=O)Nc1ccc(Cl)cc1Cl)=c1sc(=Cc2ccc([N+](=O)[O-])cc2)c(=O)n1-c1ccccc1. The summed E-state index contributed by atoms with van der Waals surface area (Å²) in [7, 11) is 0. The van der Waals surface area contributed by atoms with Gasteiger partial charge in [-0.05, 0) is 54.1 Å². The van der Waals surface area contributed by atoms with Crippen molar-refractivity contribution in [3.05, 3.63) is 118 Å². The Morgan fingerprint density at radius 3 is 2.39 bits per heavy atom. The van der Waals surface area contributed by atoms with Crippen molar-refractivity contribution in [2.75, 3.05) is 5.32 Å². The first kappa shape index (κ1) is 24.9. The van der Waals surface area contributed by atoms with E-state index in [0.717, 1.165) is 11.3 Å². The number of halogens is 2. The van der Waals surface area contributed by atoms with E-state index < -0.39 is 16.4 Å². The van der Waals surface area contributed by atoms with E-state index >= 15 is 0 Å². The number of hydrogen-bond acceptors (Lipinski definition) is 6. The minimum atomic E-state index is -0.755. The third-order valence-corrected chi connectivity index (χ3v) is 6.61. The molecule has 0 unspecified atom stereocenters. The second-order valence-corrected chi connectivity index (χ2v) is 9.18. The van der Waals surface area contributed by atoms with Gasteiger partial charge in [0, 0.05) is 17.2 Å². The number of non-ortho nitro benzene ring substituents is 1. The van der Waals surface area contributed by atoms with Crippen LogP contribution in [-0.4, -0.2) is 15.4 Å². The molecule has 0 saturated carbocycles. The monoisotopic (exact) mass is 536 g/mol. The van der Waals surface area contributed by atoms with E-state index in [4.69, 9.17) is 23.2 Å². The van der Waals surface area contributed by atoms with E-state index in [2.05, 4.69) is 5.32 Å². The van der Waals surface area contributed by atoms with Crippen LogP contribution in [0.15, 0.2) is 77.6 Å². The standard InChI is InChI=1S/C25H14Cl2N4O4S/c26-16-8-11-21(20(27)13-16)29-23(32)19(14-28)25-30(17-4-2-1-3-5-17)24(33)22(36-25)12-15-6-9-18(10-7-15)31(34)35/h1-13H,(H,29,32). The molecule has 0 radical (unpaired) electrons. The lowest BCUT2D eigenvalue weighted by atomic mass is 10.2. The van der Waals surface area contributed by atoms with Crippen molar-refractivity contribution in [3.63, 3.8) is 0 Å². The highest BCUT2D eigenvalue weighted by atomic mass is 35.5. The Bertz CT molecular complexity index is 1710. The molecule has 0 atom stereocenters. The van der Waals surface area contributed by atoms with Gasteiger partial charge < -0.3 is 5.32 Å². The highest BCUT2D eigenvalue weighted by molar-refractivity contribution is 7.07. The number of nitriles is 1. The van der Waals surface area contributed by atoms with Gasteiger partial charge in [-0.2, -0.15) is 5.26 Å². The summed E-state index contributed by atoms with van der Waals surface area (Å²) in [5, 5.41) is 24.0. The van der Waals surface area contributed by atoms with Crippen LogP contribution in [0.4, 0.5) is 11.4 Å². The minimum Gasteiger partial charge on any atom is -0.320 e. The summed E-state index contributed by atoms with van der Waals surface area (Å²) in [6.07, 6.45) is 1.54. The fourth-order valence-corrected chi connectivity index (χ4v) is 4.83. The second-order valence-electron chi connectivity index (χ2n) is 7.31. The number of thiazole rings is 1. The highest BCUT2D eigenvalue weighted by Gasteiger charge is 2.18. The van der Waals surface area contributed by atoms with Gasteiger partial charge in [0.1, 0.15) is 10.7 Å². The van der Waals surface area contributed by atoms with Gasteiger partial charge in [0.15, 0.2) is 5.57 Å². The number of hydrogen-bond donors (Lipinski definition) is 1. The lowest BCUT2D eigenvalue weighted by Gasteiger charge is -2.07. The number of nitrogens with one attached hydrogen (secondary N) is 1. The summed E-state index contributed by atoms with van der Waals surface area (Å²) in [6.45, 7) is 0. The molecule has 0 aliphatic rings. The van der Waals surface area contributed by atoms with Gasteiger partial charge in [0.05, 0.1) is 25.9 Å². The molecular formula is C25H14Cl2N4O4S.